The summed E-state index contributed by atoms with van der Waals surface area (Å²) in [6.07, 6.45) is 0.877. The number of aromatic nitrogens is 1. The predicted molar refractivity (Wildman–Crippen MR) is 169 cm³/mol. The van der Waals surface area contributed by atoms with Crippen molar-refractivity contribution >= 4 is 44.1 Å². The molecular weight excluding hydrogens is 564 g/mol. The fraction of sp³-hybridized carbons (Fsp3) is 0.324. The number of ether oxygens (including phenoxy) is 3. The average Bonchev–Trinajstić information content (AvgIpc) is 3.51. The molecule has 8 nitrogen and oxygen atoms in total. The number of fused-ring (bicyclic) bond motifs is 1. The summed E-state index contributed by atoms with van der Waals surface area (Å²) in [6.45, 7) is 11.1. The van der Waals surface area contributed by atoms with Crippen LogP contribution < -0.4 is 19.1 Å². The van der Waals surface area contributed by atoms with Crippen molar-refractivity contribution in [1.29, 1.82) is 0 Å². The van der Waals surface area contributed by atoms with Crippen molar-refractivity contribution in [3.05, 3.63) is 82.4 Å². The van der Waals surface area contributed by atoms with Gasteiger partial charge < -0.3 is 19.3 Å². The Labute approximate surface area is 255 Å². The number of carbonyl (C=O) groups is 2. The molecule has 1 N–H and O–H groups in total. The highest BCUT2D eigenvalue weighted by atomic mass is 32.1. The highest BCUT2D eigenvalue weighted by Gasteiger charge is 2.48. The summed E-state index contributed by atoms with van der Waals surface area (Å²) >= 11 is 1.33. The Morgan fingerprint density at radius 2 is 1.84 bits per heavy atom. The van der Waals surface area contributed by atoms with E-state index in [0.717, 1.165) is 27.8 Å². The fourth-order valence-electron chi connectivity index (χ4n) is 5.24. The van der Waals surface area contributed by atoms with E-state index in [1.54, 1.807) is 49.6 Å². The molecule has 1 aliphatic rings. The summed E-state index contributed by atoms with van der Waals surface area (Å²) in [5.41, 5.74) is 3.71. The SMILES string of the molecule is CCOc1cccc(C(O)=C2C(=O)C(=O)N(c3nc4c(C)cc(C)cc4s3)C2c2ccc(OCCC(C)C)c(OC)c2)c1. The van der Waals surface area contributed by atoms with E-state index < -0.39 is 17.7 Å². The molecule has 0 bridgehead atoms. The molecule has 0 spiro atoms. The van der Waals surface area contributed by atoms with Gasteiger partial charge in [-0.25, -0.2) is 4.98 Å². The molecule has 224 valence electrons. The number of hydrogen-bond acceptors (Lipinski definition) is 8. The smallest absolute Gasteiger partial charge is 0.301 e. The lowest BCUT2D eigenvalue weighted by molar-refractivity contribution is -0.132. The molecule has 1 fully saturated rings. The van der Waals surface area contributed by atoms with Gasteiger partial charge in [0.1, 0.15) is 11.5 Å². The number of ketones is 1. The van der Waals surface area contributed by atoms with Gasteiger partial charge in [0.25, 0.3) is 5.78 Å². The van der Waals surface area contributed by atoms with E-state index in [4.69, 9.17) is 19.2 Å². The predicted octanol–water partition coefficient (Wildman–Crippen LogP) is 7.37. The Kier molecular flexibility index (Phi) is 8.73. The highest BCUT2D eigenvalue weighted by molar-refractivity contribution is 7.22. The van der Waals surface area contributed by atoms with Gasteiger partial charge in [-0.3, -0.25) is 14.5 Å². The Hall–Kier alpha value is -4.37. The second kappa shape index (κ2) is 12.5. The van der Waals surface area contributed by atoms with Gasteiger partial charge in [-0.15, -0.1) is 0 Å². The third-order valence-electron chi connectivity index (χ3n) is 7.34. The summed E-state index contributed by atoms with van der Waals surface area (Å²) in [4.78, 5) is 33.7. The Morgan fingerprint density at radius 3 is 2.56 bits per heavy atom. The number of Topliss-reactive ketones (excluding diaryl/α,β-unsaturated/α-hetero) is 1. The molecule has 1 aromatic heterocycles. The number of anilines is 1. The zero-order valence-electron chi connectivity index (χ0n) is 25.3. The first kappa shape index (κ1) is 30.1. The van der Waals surface area contributed by atoms with Crippen molar-refractivity contribution in [2.24, 2.45) is 5.92 Å². The van der Waals surface area contributed by atoms with Crippen LogP contribution in [0.1, 0.15) is 55.5 Å². The largest absolute Gasteiger partial charge is 0.507 e. The number of amides is 1. The molecular formula is C34H36N2O6S. The van der Waals surface area contributed by atoms with Crippen molar-refractivity contribution < 1.29 is 28.9 Å². The highest BCUT2D eigenvalue weighted by Crippen LogP contribution is 2.46. The molecule has 5 rings (SSSR count). The quantitative estimate of drug-likeness (QED) is 0.115. The maximum absolute atomic E-state index is 13.8. The molecule has 1 aliphatic heterocycles. The van der Waals surface area contributed by atoms with Crippen LogP contribution in [0.15, 0.2) is 60.2 Å². The Morgan fingerprint density at radius 1 is 1.05 bits per heavy atom. The minimum Gasteiger partial charge on any atom is -0.507 e. The third-order valence-corrected chi connectivity index (χ3v) is 8.35. The second-order valence-corrected chi connectivity index (χ2v) is 12.0. The van der Waals surface area contributed by atoms with E-state index in [1.807, 2.05) is 32.9 Å². The second-order valence-electron chi connectivity index (χ2n) is 11.0. The monoisotopic (exact) mass is 600 g/mol. The molecule has 4 aromatic rings. The van der Waals surface area contributed by atoms with Crippen molar-refractivity contribution in [3.63, 3.8) is 0 Å². The molecule has 43 heavy (non-hydrogen) atoms. The molecule has 1 unspecified atom stereocenters. The number of aryl methyl sites for hydroxylation is 2. The number of hydrogen-bond donors (Lipinski definition) is 1. The first-order chi connectivity index (χ1) is 20.6. The molecule has 0 radical (unpaired) electrons. The van der Waals surface area contributed by atoms with Crippen LogP contribution in [-0.2, 0) is 9.59 Å². The lowest BCUT2D eigenvalue weighted by Gasteiger charge is -2.24. The van der Waals surface area contributed by atoms with Gasteiger partial charge in [0, 0.05) is 5.56 Å². The first-order valence-corrected chi connectivity index (χ1v) is 15.2. The Bertz CT molecular complexity index is 1720. The zero-order chi connectivity index (χ0) is 30.8. The molecule has 1 amide bonds. The number of thiazole rings is 1. The van der Waals surface area contributed by atoms with Crippen LogP contribution in [0.25, 0.3) is 16.0 Å². The third kappa shape index (κ3) is 5.95. The topological polar surface area (TPSA) is 98.2 Å². The van der Waals surface area contributed by atoms with Gasteiger partial charge >= 0.3 is 5.91 Å². The minimum atomic E-state index is -0.962. The van der Waals surface area contributed by atoms with E-state index in [2.05, 4.69) is 13.8 Å². The summed E-state index contributed by atoms with van der Waals surface area (Å²) in [5, 5.41) is 12.0. The minimum absolute atomic E-state index is 0.0404. The maximum atomic E-state index is 13.8. The van der Waals surface area contributed by atoms with Gasteiger partial charge in [-0.2, -0.15) is 0 Å². The van der Waals surface area contributed by atoms with Crippen LogP contribution >= 0.6 is 11.3 Å². The van der Waals surface area contributed by atoms with Crippen LogP contribution in [0, 0.1) is 19.8 Å². The van der Waals surface area contributed by atoms with E-state index >= 15 is 0 Å². The van der Waals surface area contributed by atoms with Crippen LogP contribution in [0.5, 0.6) is 17.2 Å². The number of nitrogens with zero attached hydrogens (tertiary/aromatic N) is 2. The van der Waals surface area contributed by atoms with Crippen LogP contribution in [0.3, 0.4) is 0 Å². The van der Waals surface area contributed by atoms with Gasteiger partial charge in [0.2, 0.25) is 0 Å². The molecule has 1 atom stereocenters. The molecule has 0 saturated carbocycles. The summed E-state index contributed by atoms with van der Waals surface area (Å²) in [5.74, 6) is 0.174. The van der Waals surface area contributed by atoms with Crippen molar-refractivity contribution in [3.8, 4) is 17.2 Å². The number of benzene rings is 3. The Balaban J connectivity index is 1.68. The molecule has 3 aromatic carbocycles. The van der Waals surface area contributed by atoms with Crippen molar-refractivity contribution in [1.82, 2.24) is 4.98 Å². The van der Waals surface area contributed by atoms with Gasteiger partial charge in [0.05, 0.1) is 42.2 Å². The summed E-state index contributed by atoms with van der Waals surface area (Å²) in [7, 11) is 1.54. The van der Waals surface area contributed by atoms with Crippen molar-refractivity contribution in [2.45, 2.75) is 47.1 Å². The standard InChI is InChI=1S/C34H36N2O6S/c1-7-41-24-10-8-9-23(17-24)31(37)28-30(22-11-12-25(26(18-22)40-6)42-14-13-19(2)3)36(33(39)32(28)38)34-35-29-21(5)15-20(4)16-27(29)43-34/h8-12,15-19,30,37H,7,13-14H2,1-6H3. The molecule has 2 heterocycles. The number of carbonyl (C=O) groups excluding carboxylic acids is 2. The van der Waals surface area contributed by atoms with Gasteiger partial charge in [-0.1, -0.05) is 49.4 Å². The van der Waals surface area contributed by atoms with Crippen LogP contribution in [0.4, 0.5) is 5.13 Å². The molecule has 1 saturated heterocycles. The van der Waals surface area contributed by atoms with Gasteiger partial charge in [-0.05, 0) is 80.1 Å². The number of rotatable bonds is 10. The van der Waals surface area contributed by atoms with E-state index in [1.165, 1.54) is 16.2 Å². The molecule has 9 heteroatoms. The summed E-state index contributed by atoms with van der Waals surface area (Å²) in [6, 6.07) is 15.2. The first-order valence-electron chi connectivity index (χ1n) is 14.4. The van der Waals surface area contributed by atoms with Crippen LogP contribution in [0.2, 0.25) is 0 Å². The average molecular weight is 601 g/mol. The molecule has 0 aliphatic carbocycles. The number of aliphatic hydroxyl groups is 1. The zero-order valence-corrected chi connectivity index (χ0v) is 26.1. The lowest BCUT2D eigenvalue weighted by atomic mass is 9.95. The van der Waals surface area contributed by atoms with E-state index in [-0.39, 0.29) is 11.3 Å². The summed E-state index contributed by atoms with van der Waals surface area (Å²) < 4.78 is 18.2. The fourth-order valence-corrected chi connectivity index (χ4v) is 6.41. The normalized spacial score (nSPS) is 16.3. The lowest BCUT2D eigenvalue weighted by Crippen LogP contribution is -2.29. The van der Waals surface area contributed by atoms with Gasteiger partial charge in [0.15, 0.2) is 16.6 Å². The number of aliphatic hydroxyl groups excluding tert-OH is 1. The maximum Gasteiger partial charge on any atom is 0.301 e. The van der Waals surface area contributed by atoms with E-state index in [9.17, 15) is 14.7 Å². The van der Waals surface area contributed by atoms with E-state index in [0.29, 0.717) is 52.6 Å². The van der Waals surface area contributed by atoms with Crippen molar-refractivity contribution in [2.75, 3.05) is 25.2 Å². The van der Waals surface area contributed by atoms with Crippen LogP contribution in [-0.4, -0.2) is 42.1 Å². The number of methoxy groups -OCH3 is 1.